The molecule has 0 saturated heterocycles. The lowest BCUT2D eigenvalue weighted by atomic mass is 10.0. The molecule has 0 bridgehead atoms. The Morgan fingerprint density at radius 2 is 1.50 bits per heavy atom. The van der Waals surface area contributed by atoms with Gasteiger partial charge in [-0.25, -0.2) is 4.39 Å². The molecule has 2 fully saturated rings. The molecular formula is C8H13FO. The monoisotopic (exact) mass is 144 g/mol. The van der Waals surface area contributed by atoms with E-state index in [1.165, 1.54) is 0 Å². The first kappa shape index (κ1) is 6.59. The van der Waals surface area contributed by atoms with E-state index < -0.39 is 6.17 Å². The molecule has 2 saturated carbocycles. The Labute approximate surface area is 60.2 Å². The Kier molecular flexibility index (Phi) is 1.44. The second kappa shape index (κ2) is 2.19. The zero-order valence-electron chi connectivity index (χ0n) is 5.96. The summed E-state index contributed by atoms with van der Waals surface area (Å²) in [5.74, 6) is 1.01. The molecule has 2 aliphatic carbocycles. The van der Waals surface area contributed by atoms with Gasteiger partial charge in [0.1, 0.15) is 6.17 Å². The highest BCUT2D eigenvalue weighted by Gasteiger charge is 2.40. The predicted octanol–water partition coefficient (Wildman–Crippen LogP) is 1.51. The van der Waals surface area contributed by atoms with Gasteiger partial charge < -0.3 is 5.11 Å². The number of fused-ring (bicyclic) bond motifs is 1. The van der Waals surface area contributed by atoms with Crippen molar-refractivity contribution < 1.29 is 9.50 Å². The molecule has 0 heterocycles. The van der Waals surface area contributed by atoms with E-state index in [0.29, 0.717) is 24.7 Å². The Balaban J connectivity index is 2.00. The van der Waals surface area contributed by atoms with Gasteiger partial charge in [-0.1, -0.05) is 0 Å². The van der Waals surface area contributed by atoms with Crippen LogP contribution in [0.5, 0.6) is 0 Å². The molecule has 0 spiro atoms. The maximum Gasteiger partial charge on any atom is 0.101 e. The fourth-order valence-corrected chi connectivity index (χ4v) is 2.51. The molecule has 2 heteroatoms. The normalized spacial score (nSPS) is 53.4. The Morgan fingerprint density at radius 3 is 2.00 bits per heavy atom. The van der Waals surface area contributed by atoms with Gasteiger partial charge in [-0.3, -0.25) is 0 Å². The van der Waals surface area contributed by atoms with Crippen molar-refractivity contribution in [1.82, 2.24) is 0 Å². The first-order valence-electron chi connectivity index (χ1n) is 4.08. The summed E-state index contributed by atoms with van der Waals surface area (Å²) in [6.07, 6.45) is 2.43. The van der Waals surface area contributed by atoms with Crippen LogP contribution in [0.4, 0.5) is 4.39 Å². The summed E-state index contributed by atoms with van der Waals surface area (Å²) in [5.41, 5.74) is 0. The van der Waals surface area contributed by atoms with E-state index in [1.807, 2.05) is 0 Å². The molecule has 10 heavy (non-hydrogen) atoms. The van der Waals surface area contributed by atoms with Crippen LogP contribution in [-0.2, 0) is 0 Å². The highest BCUT2D eigenvalue weighted by atomic mass is 19.1. The van der Waals surface area contributed by atoms with Gasteiger partial charge in [0.2, 0.25) is 0 Å². The van der Waals surface area contributed by atoms with Gasteiger partial charge in [-0.2, -0.15) is 0 Å². The smallest absolute Gasteiger partial charge is 0.101 e. The molecule has 1 nitrogen and oxygen atoms in total. The number of hydrogen-bond acceptors (Lipinski definition) is 1. The molecule has 0 aromatic heterocycles. The largest absolute Gasteiger partial charge is 0.393 e. The standard InChI is InChI=1S/C8H13FO/c9-7-1-5-3-8(10)4-6(5)2-7/h5-8,10H,1-4H2. The molecule has 0 aliphatic heterocycles. The van der Waals surface area contributed by atoms with Gasteiger partial charge in [0, 0.05) is 0 Å². The summed E-state index contributed by atoms with van der Waals surface area (Å²) in [7, 11) is 0. The fraction of sp³-hybridized carbons (Fsp3) is 1.00. The third-order valence-electron chi connectivity index (χ3n) is 2.93. The number of halogens is 1. The molecule has 2 atom stereocenters. The Hall–Kier alpha value is -0.110. The fourth-order valence-electron chi connectivity index (χ4n) is 2.51. The lowest BCUT2D eigenvalue weighted by Gasteiger charge is -2.03. The molecule has 58 valence electrons. The SMILES string of the molecule is OC1CC2CC(F)CC2C1. The van der Waals surface area contributed by atoms with Crippen LogP contribution in [0.3, 0.4) is 0 Å². The van der Waals surface area contributed by atoms with E-state index >= 15 is 0 Å². The molecular weight excluding hydrogens is 131 g/mol. The number of rotatable bonds is 0. The average Bonchev–Trinajstić information content (AvgIpc) is 2.21. The first-order valence-corrected chi connectivity index (χ1v) is 4.08. The number of alkyl halides is 1. The molecule has 2 unspecified atom stereocenters. The van der Waals surface area contributed by atoms with Gasteiger partial charge in [0.05, 0.1) is 6.10 Å². The van der Waals surface area contributed by atoms with Crippen LogP contribution in [0.15, 0.2) is 0 Å². The van der Waals surface area contributed by atoms with Crippen molar-refractivity contribution >= 4 is 0 Å². The minimum Gasteiger partial charge on any atom is -0.393 e. The molecule has 0 aromatic rings. The van der Waals surface area contributed by atoms with Crippen LogP contribution < -0.4 is 0 Å². The summed E-state index contributed by atoms with van der Waals surface area (Å²) in [5, 5.41) is 9.20. The zero-order chi connectivity index (χ0) is 7.14. The van der Waals surface area contributed by atoms with Gasteiger partial charge in [0.15, 0.2) is 0 Å². The maximum absolute atomic E-state index is 12.7. The number of aliphatic hydroxyl groups is 1. The first-order chi connectivity index (χ1) is 4.75. The van der Waals surface area contributed by atoms with E-state index in [-0.39, 0.29) is 6.10 Å². The summed E-state index contributed by atoms with van der Waals surface area (Å²) in [4.78, 5) is 0. The molecule has 2 rings (SSSR count). The van der Waals surface area contributed by atoms with Crippen LogP contribution in [0, 0.1) is 11.8 Å². The van der Waals surface area contributed by atoms with Crippen molar-refractivity contribution in [3.05, 3.63) is 0 Å². The minimum absolute atomic E-state index is 0.123. The maximum atomic E-state index is 12.7. The topological polar surface area (TPSA) is 20.2 Å². The second-order valence-electron chi connectivity index (χ2n) is 3.71. The summed E-state index contributed by atoms with van der Waals surface area (Å²) < 4.78 is 12.7. The van der Waals surface area contributed by atoms with E-state index in [2.05, 4.69) is 0 Å². The van der Waals surface area contributed by atoms with Crippen LogP contribution in [0.1, 0.15) is 25.7 Å². The summed E-state index contributed by atoms with van der Waals surface area (Å²) >= 11 is 0. The highest BCUT2D eigenvalue weighted by molar-refractivity contribution is 4.91. The van der Waals surface area contributed by atoms with Crippen LogP contribution in [-0.4, -0.2) is 17.4 Å². The van der Waals surface area contributed by atoms with Crippen molar-refractivity contribution in [3.8, 4) is 0 Å². The third-order valence-corrected chi connectivity index (χ3v) is 2.93. The van der Waals surface area contributed by atoms with Gasteiger partial charge in [-0.05, 0) is 37.5 Å². The van der Waals surface area contributed by atoms with Crippen LogP contribution >= 0.6 is 0 Å². The zero-order valence-corrected chi connectivity index (χ0v) is 5.96. The van der Waals surface area contributed by atoms with Gasteiger partial charge >= 0.3 is 0 Å². The summed E-state index contributed by atoms with van der Waals surface area (Å²) in [6.45, 7) is 0. The number of aliphatic hydroxyl groups excluding tert-OH is 1. The van der Waals surface area contributed by atoms with Crippen molar-refractivity contribution in [1.29, 1.82) is 0 Å². The average molecular weight is 144 g/mol. The van der Waals surface area contributed by atoms with Crippen molar-refractivity contribution in [2.75, 3.05) is 0 Å². The van der Waals surface area contributed by atoms with E-state index in [9.17, 15) is 9.50 Å². The highest BCUT2D eigenvalue weighted by Crippen LogP contribution is 2.44. The van der Waals surface area contributed by atoms with Crippen molar-refractivity contribution in [3.63, 3.8) is 0 Å². The molecule has 0 amide bonds. The Bertz CT molecular complexity index is 109. The van der Waals surface area contributed by atoms with Crippen LogP contribution in [0.2, 0.25) is 0 Å². The molecule has 1 N–H and O–H groups in total. The lowest BCUT2D eigenvalue weighted by molar-refractivity contribution is 0.165. The van der Waals surface area contributed by atoms with E-state index in [4.69, 9.17) is 0 Å². The van der Waals surface area contributed by atoms with Crippen LogP contribution in [0.25, 0.3) is 0 Å². The quantitative estimate of drug-likeness (QED) is 0.546. The molecule has 2 aliphatic rings. The minimum atomic E-state index is -0.567. The van der Waals surface area contributed by atoms with Gasteiger partial charge in [-0.15, -0.1) is 0 Å². The van der Waals surface area contributed by atoms with Crippen molar-refractivity contribution in [2.45, 2.75) is 38.0 Å². The van der Waals surface area contributed by atoms with Crippen molar-refractivity contribution in [2.24, 2.45) is 11.8 Å². The number of hydrogen-bond donors (Lipinski definition) is 1. The summed E-state index contributed by atoms with van der Waals surface area (Å²) in [6, 6.07) is 0. The second-order valence-corrected chi connectivity index (χ2v) is 3.71. The van der Waals surface area contributed by atoms with Gasteiger partial charge in [0.25, 0.3) is 0 Å². The molecule has 0 aromatic carbocycles. The molecule has 0 radical (unpaired) electrons. The van der Waals surface area contributed by atoms with E-state index in [1.54, 1.807) is 0 Å². The predicted molar refractivity (Wildman–Crippen MR) is 36.4 cm³/mol. The third kappa shape index (κ3) is 0.947. The Morgan fingerprint density at radius 1 is 1.00 bits per heavy atom. The lowest BCUT2D eigenvalue weighted by Crippen LogP contribution is -2.03. The van der Waals surface area contributed by atoms with E-state index in [0.717, 1.165) is 12.8 Å².